The number of aromatic nitrogens is 2. The maximum absolute atomic E-state index is 11.3. The molecule has 0 fully saturated rings. The topological polar surface area (TPSA) is 54.9 Å². The zero-order valence-electron chi connectivity index (χ0n) is 7.50. The van der Waals surface area contributed by atoms with E-state index in [9.17, 15) is 9.59 Å². The van der Waals surface area contributed by atoms with E-state index in [0.717, 1.165) is 11.0 Å². The Kier molecular flexibility index (Phi) is 2.93. The van der Waals surface area contributed by atoms with Gasteiger partial charge in [0.2, 0.25) is 0 Å². The first-order valence-corrected chi connectivity index (χ1v) is 4.45. The summed E-state index contributed by atoms with van der Waals surface area (Å²) in [6.07, 6.45) is 0.727. The van der Waals surface area contributed by atoms with Crippen molar-refractivity contribution in [1.82, 2.24) is 9.55 Å². The normalized spacial score (nSPS) is 12.8. The summed E-state index contributed by atoms with van der Waals surface area (Å²) in [7, 11) is 0. The maximum atomic E-state index is 11.3. The van der Waals surface area contributed by atoms with Crippen LogP contribution in [0.3, 0.4) is 0 Å². The molecule has 1 N–H and O–H groups in total. The highest BCUT2D eigenvalue weighted by Crippen LogP contribution is 2.03. The van der Waals surface area contributed by atoms with Gasteiger partial charge in [-0.25, -0.2) is 4.79 Å². The summed E-state index contributed by atoms with van der Waals surface area (Å²) in [6, 6.07) is 1.10. The second-order valence-electron chi connectivity index (χ2n) is 2.89. The number of rotatable bonds is 2. The van der Waals surface area contributed by atoms with Crippen molar-refractivity contribution in [1.29, 1.82) is 0 Å². The van der Waals surface area contributed by atoms with E-state index in [2.05, 4.69) is 4.98 Å². The van der Waals surface area contributed by atoms with Gasteiger partial charge in [-0.3, -0.25) is 14.3 Å². The SMILES string of the molecule is CC[C@@H](C)n1c(=O)cc(Cl)[nH]c1=O. The molecule has 0 radical (unpaired) electrons. The van der Waals surface area contributed by atoms with Crippen LogP contribution in [0.5, 0.6) is 0 Å². The second-order valence-corrected chi connectivity index (χ2v) is 3.30. The van der Waals surface area contributed by atoms with Gasteiger partial charge in [0, 0.05) is 12.1 Å². The highest BCUT2D eigenvalue weighted by molar-refractivity contribution is 6.29. The van der Waals surface area contributed by atoms with Crippen molar-refractivity contribution in [2.24, 2.45) is 0 Å². The van der Waals surface area contributed by atoms with Crippen LogP contribution in [0.1, 0.15) is 26.3 Å². The summed E-state index contributed by atoms with van der Waals surface area (Å²) in [5.74, 6) is 0. The highest BCUT2D eigenvalue weighted by Gasteiger charge is 2.08. The van der Waals surface area contributed by atoms with Crippen molar-refractivity contribution in [2.75, 3.05) is 0 Å². The number of H-pyrrole nitrogens is 1. The average Bonchev–Trinajstić information content (AvgIpc) is 2.02. The van der Waals surface area contributed by atoms with Gasteiger partial charge < -0.3 is 0 Å². The predicted octanol–water partition coefficient (Wildman–Crippen LogP) is 1.16. The lowest BCUT2D eigenvalue weighted by Crippen LogP contribution is -2.36. The van der Waals surface area contributed by atoms with Gasteiger partial charge in [-0.05, 0) is 13.3 Å². The van der Waals surface area contributed by atoms with Crippen LogP contribution in [0.4, 0.5) is 0 Å². The lowest BCUT2D eigenvalue weighted by molar-refractivity contribution is 0.490. The molecule has 13 heavy (non-hydrogen) atoms. The summed E-state index contributed by atoms with van der Waals surface area (Å²) in [4.78, 5) is 25.0. The van der Waals surface area contributed by atoms with Gasteiger partial charge in [0.05, 0.1) is 0 Å². The first kappa shape index (κ1) is 10.1. The van der Waals surface area contributed by atoms with Gasteiger partial charge in [-0.15, -0.1) is 0 Å². The molecule has 0 unspecified atom stereocenters. The van der Waals surface area contributed by atoms with Gasteiger partial charge in [0.1, 0.15) is 5.15 Å². The number of halogens is 1. The van der Waals surface area contributed by atoms with Crippen molar-refractivity contribution < 1.29 is 0 Å². The minimum absolute atomic E-state index is 0.0783. The van der Waals surface area contributed by atoms with E-state index in [0.29, 0.717) is 0 Å². The fourth-order valence-corrected chi connectivity index (χ4v) is 1.25. The van der Waals surface area contributed by atoms with Crippen LogP contribution in [0, 0.1) is 0 Å². The molecule has 0 amide bonds. The average molecular weight is 203 g/mol. The third kappa shape index (κ3) is 2.01. The Labute approximate surface area is 80.2 Å². The molecule has 1 atom stereocenters. The lowest BCUT2D eigenvalue weighted by Gasteiger charge is -2.10. The molecule has 0 spiro atoms. The van der Waals surface area contributed by atoms with E-state index >= 15 is 0 Å². The number of aromatic amines is 1. The highest BCUT2D eigenvalue weighted by atomic mass is 35.5. The summed E-state index contributed by atoms with van der Waals surface area (Å²) in [6.45, 7) is 3.72. The molecule has 1 aromatic rings. The van der Waals surface area contributed by atoms with E-state index in [-0.39, 0.29) is 16.8 Å². The summed E-state index contributed by atoms with van der Waals surface area (Å²) >= 11 is 5.50. The number of hydrogen-bond acceptors (Lipinski definition) is 2. The van der Waals surface area contributed by atoms with Crippen LogP contribution in [0.15, 0.2) is 15.7 Å². The molecule has 0 aliphatic carbocycles. The Morgan fingerprint density at radius 2 is 2.23 bits per heavy atom. The van der Waals surface area contributed by atoms with E-state index in [1.165, 1.54) is 6.07 Å². The second kappa shape index (κ2) is 3.79. The first-order chi connectivity index (χ1) is 6.06. The maximum Gasteiger partial charge on any atom is 0.329 e. The largest absolute Gasteiger partial charge is 0.329 e. The third-order valence-electron chi connectivity index (χ3n) is 1.96. The van der Waals surface area contributed by atoms with Crippen LogP contribution in [-0.4, -0.2) is 9.55 Å². The fraction of sp³-hybridized carbons (Fsp3) is 0.500. The zero-order valence-corrected chi connectivity index (χ0v) is 8.26. The van der Waals surface area contributed by atoms with Crippen molar-refractivity contribution in [2.45, 2.75) is 26.3 Å². The quantitative estimate of drug-likeness (QED) is 0.732. The molecule has 5 heteroatoms. The molecular formula is C8H11ClN2O2. The molecule has 1 rings (SSSR count). The Balaban J connectivity index is 3.38. The van der Waals surface area contributed by atoms with Gasteiger partial charge in [0.15, 0.2) is 0 Å². The first-order valence-electron chi connectivity index (χ1n) is 4.07. The molecule has 0 bridgehead atoms. The van der Waals surface area contributed by atoms with Crippen LogP contribution in [-0.2, 0) is 0 Å². The Morgan fingerprint density at radius 3 is 2.69 bits per heavy atom. The Morgan fingerprint density at radius 1 is 1.62 bits per heavy atom. The molecule has 0 saturated heterocycles. The minimum atomic E-state index is -0.452. The zero-order chi connectivity index (χ0) is 10.0. The van der Waals surface area contributed by atoms with Crippen LogP contribution in [0.2, 0.25) is 5.15 Å². The van der Waals surface area contributed by atoms with Gasteiger partial charge in [-0.2, -0.15) is 0 Å². The fourth-order valence-electron chi connectivity index (χ4n) is 1.08. The molecule has 0 aliphatic rings. The number of nitrogens with zero attached hydrogens (tertiary/aromatic N) is 1. The number of nitrogens with one attached hydrogen (secondary N) is 1. The van der Waals surface area contributed by atoms with Crippen LogP contribution >= 0.6 is 11.6 Å². The van der Waals surface area contributed by atoms with E-state index in [4.69, 9.17) is 11.6 Å². The molecular weight excluding hydrogens is 192 g/mol. The third-order valence-corrected chi connectivity index (χ3v) is 2.17. The summed E-state index contributed by atoms with van der Waals surface area (Å²) in [5, 5.41) is 0.0783. The Bertz CT molecular complexity index is 376. The van der Waals surface area contributed by atoms with E-state index in [1.54, 1.807) is 0 Å². The van der Waals surface area contributed by atoms with Crippen LogP contribution in [0.25, 0.3) is 0 Å². The van der Waals surface area contributed by atoms with Crippen molar-refractivity contribution in [3.63, 3.8) is 0 Å². The van der Waals surface area contributed by atoms with Crippen molar-refractivity contribution in [3.05, 3.63) is 32.1 Å². The molecule has 0 aliphatic heterocycles. The smallest absolute Gasteiger partial charge is 0.298 e. The van der Waals surface area contributed by atoms with Crippen molar-refractivity contribution >= 4 is 11.6 Å². The summed E-state index contributed by atoms with van der Waals surface area (Å²) < 4.78 is 1.16. The number of hydrogen-bond donors (Lipinski definition) is 1. The van der Waals surface area contributed by atoms with Gasteiger partial charge in [0.25, 0.3) is 5.56 Å². The van der Waals surface area contributed by atoms with Gasteiger partial charge in [-0.1, -0.05) is 18.5 Å². The van der Waals surface area contributed by atoms with Crippen molar-refractivity contribution in [3.8, 4) is 0 Å². The molecule has 1 heterocycles. The predicted molar refractivity (Wildman–Crippen MR) is 51.3 cm³/mol. The lowest BCUT2D eigenvalue weighted by atomic mass is 10.2. The molecule has 0 saturated carbocycles. The minimum Gasteiger partial charge on any atom is -0.298 e. The molecule has 4 nitrogen and oxygen atoms in total. The standard InChI is InChI=1S/C8H11ClN2O2/c1-3-5(2)11-7(12)4-6(9)10-8(11)13/h4-5H,3H2,1-2H3,(H,10,13)/t5-/m1/s1. The van der Waals surface area contributed by atoms with Gasteiger partial charge >= 0.3 is 5.69 Å². The molecule has 0 aromatic carbocycles. The van der Waals surface area contributed by atoms with E-state index in [1.807, 2.05) is 13.8 Å². The monoisotopic (exact) mass is 202 g/mol. The Hall–Kier alpha value is -1.03. The van der Waals surface area contributed by atoms with Crippen LogP contribution < -0.4 is 11.2 Å². The molecule has 1 aromatic heterocycles. The molecule has 72 valence electrons. The summed E-state index contributed by atoms with van der Waals surface area (Å²) in [5.41, 5.74) is -0.810. The van der Waals surface area contributed by atoms with E-state index < -0.39 is 5.69 Å².